The van der Waals surface area contributed by atoms with E-state index in [4.69, 9.17) is 17.2 Å². The van der Waals surface area contributed by atoms with E-state index in [1.165, 1.54) is 0 Å². The standard InChI is InChI=1S/C8H22N2O3Se/c1-11-14(12-2,13-3)8-4-6-10-7-5-9/h10H,4-9H2,1-3H3. The van der Waals surface area contributed by atoms with Crippen molar-refractivity contribution in [1.29, 1.82) is 0 Å². The Kier molecular flexibility index (Phi) is 8.81. The van der Waals surface area contributed by atoms with Crippen molar-refractivity contribution in [3.63, 3.8) is 0 Å². The number of nitrogens with one attached hydrogen (secondary N) is 1. The Morgan fingerprint density at radius 2 is 1.64 bits per heavy atom. The Morgan fingerprint density at radius 3 is 2.07 bits per heavy atom. The van der Waals surface area contributed by atoms with E-state index in [1.807, 2.05) is 0 Å². The molecule has 0 amide bonds. The number of nitrogens with two attached hydrogens (primary N) is 1. The molecule has 0 aliphatic rings. The quantitative estimate of drug-likeness (QED) is 0.450. The summed E-state index contributed by atoms with van der Waals surface area (Å²) >= 11 is -2.53. The van der Waals surface area contributed by atoms with Gasteiger partial charge in [-0.25, -0.2) is 0 Å². The molecule has 0 bridgehead atoms. The third-order valence-electron chi connectivity index (χ3n) is 1.83. The molecule has 0 heterocycles. The number of hydrogen-bond donors (Lipinski definition) is 2. The molecule has 0 rings (SSSR count). The van der Waals surface area contributed by atoms with Crippen LogP contribution in [0.15, 0.2) is 0 Å². The molecule has 0 aromatic rings. The summed E-state index contributed by atoms with van der Waals surface area (Å²) in [6.07, 6.45) is 0.982. The van der Waals surface area contributed by atoms with Crippen molar-refractivity contribution in [3.05, 3.63) is 0 Å². The average molecular weight is 273 g/mol. The van der Waals surface area contributed by atoms with E-state index in [2.05, 4.69) is 5.32 Å². The molecule has 0 radical (unpaired) electrons. The summed E-state index contributed by atoms with van der Waals surface area (Å²) in [6.45, 7) is 2.44. The van der Waals surface area contributed by atoms with Gasteiger partial charge in [-0.1, -0.05) is 0 Å². The zero-order chi connectivity index (χ0) is 10.9. The van der Waals surface area contributed by atoms with E-state index in [0.717, 1.165) is 24.8 Å². The van der Waals surface area contributed by atoms with Crippen molar-refractivity contribution < 1.29 is 11.5 Å². The fraction of sp³-hybridized carbons (Fsp3) is 1.00. The summed E-state index contributed by atoms with van der Waals surface area (Å²) in [6, 6.07) is 0. The molecule has 6 heteroatoms. The van der Waals surface area contributed by atoms with Gasteiger partial charge >= 0.3 is 89.0 Å². The number of rotatable bonds is 9. The fourth-order valence-corrected chi connectivity index (χ4v) is 4.01. The van der Waals surface area contributed by atoms with Gasteiger partial charge in [0.1, 0.15) is 0 Å². The van der Waals surface area contributed by atoms with Crippen LogP contribution < -0.4 is 11.1 Å². The van der Waals surface area contributed by atoms with Crippen LogP contribution in [0, 0.1) is 0 Å². The molecule has 3 N–H and O–H groups in total. The third kappa shape index (κ3) is 5.26. The third-order valence-corrected chi connectivity index (χ3v) is 6.68. The van der Waals surface area contributed by atoms with Crippen LogP contribution in [-0.2, 0) is 11.5 Å². The predicted octanol–water partition coefficient (Wildman–Crippen LogP) is -0.197. The second kappa shape index (κ2) is 8.61. The maximum absolute atomic E-state index is 5.35. The molecular weight excluding hydrogens is 251 g/mol. The van der Waals surface area contributed by atoms with Crippen LogP contribution in [0.1, 0.15) is 6.42 Å². The summed E-state index contributed by atoms with van der Waals surface area (Å²) in [5.74, 6) is 0. The zero-order valence-electron chi connectivity index (χ0n) is 9.25. The summed E-state index contributed by atoms with van der Waals surface area (Å²) in [4.78, 5) is 0. The van der Waals surface area contributed by atoms with Gasteiger partial charge in [0.2, 0.25) is 0 Å². The molecule has 5 nitrogen and oxygen atoms in total. The van der Waals surface area contributed by atoms with Crippen LogP contribution >= 0.6 is 0 Å². The van der Waals surface area contributed by atoms with Crippen molar-refractivity contribution in [1.82, 2.24) is 5.32 Å². The normalized spacial score (nSPS) is 13.1. The second-order valence-corrected chi connectivity index (χ2v) is 7.95. The maximum atomic E-state index is 5.35. The Labute approximate surface area is 89.5 Å². The van der Waals surface area contributed by atoms with Crippen LogP contribution in [0.3, 0.4) is 0 Å². The molecule has 0 aromatic carbocycles. The van der Waals surface area contributed by atoms with Crippen LogP contribution in [0.5, 0.6) is 0 Å². The molecule has 0 aliphatic heterocycles. The van der Waals surface area contributed by atoms with Crippen molar-refractivity contribution in [3.8, 4) is 0 Å². The van der Waals surface area contributed by atoms with E-state index in [-0.39, 0.29) is 0 Å². The Morgan fingerprint density at radius 1 is 1.07 bits per heavy atom. The molecular formula is C8H22N2O3Se. The van der Waals surface area contributed by atoms with Crippen molar-refractivity contribution in [2.24, 2.45) is 5.73 Å². The first-order chi connectivity index (χ1) is 6.74. The second-order valence-electron chi connectivity index (χ2n) is 2.65. The molecule has 0 atom stereocenters. The van der Waals surface area contributed by atoms with Gasteiger partial charge in [-0.15, -0.1) is 0 Å². The van der Waals surface area contributed by atoms with Crippen LogP contribution in [0.4, 0.5) is 0 Å². The van der Waals surface area contributed by atoms with Crippen molar-refractivity contribution in [2.45, 2.75) is 11.7 Å². The van der Waals surface area contributed by atoms with Gasteiger partial charge in [-0.3, -0.25) is 0 Å². The van der Waals surface area contributed by atoms with Crippen molar-refractivity contribution in [2.75, 3.05) is 41.0 Å². The van der Waals surface area contributed by atoms with Gasteiger partial charge in [-0.05, 0) is 0 Å². The Hall–Kier alpha value is 0.319. The van der Waals surface area contributed by atoms with Crippen LogP contribution in [-0.4, -0.2) is 54.8 Å². The first-order valence-electron chi connectivity index (χ1n) is 4.63. The molecule has 0 fully saturated rings. The van der Waals surface area contributed by atoms with Crippen LogP contribution in [0.2, 0.25) is 5.32 Å². The molecule has 0 unspecified atom stereocenters. The SMILES string of the molecule is CO[Se](CCCNCCN)(OC)OC. The van der Waals surface area contributed by atoms with Crippen molar-refractivity contribution >= 4 is 13.8 Å². The first-order valence-corrected chi connectivity index (χ1v) is 7.94. The predicted molar refractivity (Wildman–Crippen MR) is 58.1 cm³/mol. The van der Waals surface area contributed by atoms with Gasteiger partial charge in [0.25, 0.3) is 0 Å². The average Bonchev–Trinajstić information content (AvgIpc) is 2.24. The van der Waals surface area contributed by atoms with E-state index in [9.17, 15) is 0 Å². The van der Waals surface area contributed by atoms with Gasteiger partial charge in [0.15, 0.2) is 0 Å². The zero-order valence-corrected chi connectivity index (χ0v) is 11.0. The molecule has 0 saturated heterocycles. The minimum atomic E-state index is -2.53. The molecule has 0 aromatic heterocycles. The van der Waals surface area contributed by atoms with E-state index in [1.54, 1.807) is 21.3 Å². The molecule has 0 spiro atoms. The number of hydrogen-bond acceptors (Lipinski definition) is 5. The summed E-state index contributed by atoms with van der Waals surface area (Å²) in [7, 11) is 4.92. The summed E-state index contributed by atoms with van der Waals surface area (Å²) in [5, 5.41) is 4.06. The van der Waals surface area contributed by atoms with Gasteiger partial charge in [0, 0.05) is 0 Å². The van der Waals surface area contributed by atoms with Crippen LogP contribution in [0.25, 0.3) is 0 Å². The molecule has 14 heavy (non-hydrogen) atoms. The summed E-state index contributed by atoms with van der Waals surface area (Å²) < 4.78 is 15.9. The van der Waals surface area contributed by atoms with E-state index in [0.29, 0.717) is 6.54 Å². The first kappa shape index (κ1) is 14.3. The fourth-order valence-electron chi connectivity index (χ4n) is 1.06. The van der Waals surface area contributed by atoms with E-state index >= 15 is 0 Å². The molecule has 0 aliphatic carbocycles. The molecule has 88 valence electrons. The minimum absolute atomic E-state index is 0.669. The summed E-state index contributed by atoms with van der Waals surface area (Å²) in [5.41, 5.74) is 5.35. The van der Waals surface area contributed by atoms with Gasteiger partial charge in [-0.2, -0.15) is 0 Å². The van der Waals surface area contributed by atoms with E-state index < -0.39 is 13.8 Å². The molecule has 0 saturated carbocycles. The Balaban J connectivity index is 3.61. The van der Waals surface area contributed by atoms with Gasteiger partial charge in [0.05, 0.1) is 0 Å². The van der Waals surface area contributed by atoms with Gasteiger partial charge < -0.3 is 0 Å². The monoisotopic (exact) mass is 274 g/mol. The Bertz CT molecular complexity index is 125. The topological polar surface area (TPSA) is 65.7 Å².